The highest BCUT2D eigenvalue weighted by Crippen LogP contribution is 2.27. The molecule has 2 heteroatoms. The van der Waals surface area contributed by atoms with E-state index in [1.165, 1.54) is 49.8 Å². The highest BCUT2D eigenvalue weighted by atomic mass is 15.1. The Morgan fingerprint density at radius 1 is 1.10 bits per heavy atom. The topological polar surface area (TPSA) is 15.3 Å². The third kappa shape index (κ3) is 4.24. The minimum Gasteiger partial charge on any atom is -0.371 e. The molecular weight excluding hydrogens is 244 g/mol. The summed E-state index contributed by atoms with van der Waals surface area (Å²) in [5.41, 5.74) is 2.83. The van der Waals surface area contributed by atoms with Gasteiger partial charge >= 0.3 is 0 Å². The quantitative estimate of drug-likeness (QED) is 0.803. The van der Waals surface area contributed by atoms with E-state index in [0.29, 0.717) is 6.04 Å². The fraction of sp³-hybridized carbons (Fsp3) is 0.667. The summed E-state index contributed by atoms with van der Waals surface area (Å²) in [6, 6.07) is 10.1. The van der Waals surface area contributed by atoms with Crippen LogP contribution in [0.25, 0.3) is 0 Å². The van der Waals surface area contributed by atoms with Gasteiger partial charge in [-0.3, -0.25) is 0 Å². The van der Waals surface area contributed by atoms with E-state index in [-0.39, 0.29) is 0 Å². The molecule has 1 saturated carbocycles. The average Bonchev–Trinajstić information content (AvgIpc) is 2.73. The second-order valence-electron chi connectivity index (χ2n) is 6.42. The summed E-state index contributed by atoms with van der Waals surface area (Å²) in [5, 5.41) is 3.55. The van der Waals surface area contributed by atoms with Crippen LogP contribution in [0.3, 0.4) is 0 Å². The minimum atomic E-state index is 0.534. The molecule has 0 saturated heterocycles. The van der Waals surface area contributed by atoms with Crippen molar-refractivity contribution in [2.75, 3.05) is 11.9 Å². The van der Waals surface area contributed by atoms with E-state index >= 15 is 0 Å². The molecule has 0 aromatic heterocycles. The Morgan fingerprint density at radius 2 is 1.75 bits per heavy atom. The van der Waals surface area contributed by atoms with E-state index in [0.717, 1.165) is 12.6 Å². The molecule has 1 aliphatic rings. The first-order valence-electron chi connectivity index (χ1n) is 8.22. The molecule has 0 spiro atoms. The van der Waals surface area contributed by atoms with Gasteiger partial charge in [0.2, 0.25) is 0 Å². The summed E-state index contributed by atoms with van der Waals surface area (Å²) >= 11 is 0. The molecular formula is C18H30N2. The van der Waals surface area contributed by atoms with Crippen LogP contribution in [-0.2, 0) is 6.54 Å². The fourth-order valence-electron chi connectivity index (χ4n) is 3.16. The second-order valence-corrected chi connectivity index (χ2v) is 6.42. The fourth-order valence-corrected chi connectivity index (χ4v) is 3.16. The Bertz CT molecular complexity index is 392. The van der Waals surface area contributed by atoms with E-state index in [1.54, 1.807) is 0 Å². The number of anilines is 1. The third-order valence-corrected chi connectivity index (χ3v) is 4.44. The Kier molecular flexibility index (Phi) is 5.90. The Balaban J connectivity index is 2.09. The van der Waals surface area contributed by atoms with Gasteiger partial charge in [0.1, 0.15) is 0 Å². The minimum absolute atomic E-state index is 0.534. The van der Waals surface area contributed by atoms with Crippen LogP contribution in [-0.4, -0.2) is 19.1 Å². The standard InChI is InChI=1S/C18H30N2/c1-15(2)19-14-16-10-8-9-13-18(16)20(3)17-11-6-4-5-7-12-17/h8-10,13,15,17,19H,4-7,11-12,14H2,1-3H3. The predicted octanol–water partition coefficient (Wildman–Crippen LogP) is 4.34. The van der Waals surface area contributed by atoms with Gasteiger partial charge in [0.05, 0.1) is 0 Å². The normalized spacial score (nSPS) is 17.2. The summed E-state index contributed by atoms with van der Waals surface area (Å²) in [7, 11) is 2.28. The molecule has 112 valence electrons. The summed E-state index contributed by atoms with van der Waals surface area (Å²) in [6.07, 6.45) is 8.31. The lowest BCUT2D eigenvalue weighted by atomic mass is 10.0. The molecule has 1 aromatic carbocycles. The third-order valence-electron chi connectivity index (χ3n) is 4.44. The molecule has 0 unspecified atom stereocenters. The molecule has 1 fully saturated rings. The summed E-state index contributed by atoms with van der Waals surface area (Å²) < 4.78 is 0. The van der Waals surface area contributed by atoms with E-state index in [4.69, 9.17) is 0 Å². The van der Waals surface area contributed by atoms with Gasteiger partial charge in [-0.05, 0) is 24.5 Å². The second kappa shape index (κ2) is 7.68. The first kappa shape index (κ1) is 15.4. The SMILES string of the molecule is CC(C)NCc1ccccc1N(C)C1CCCCCC1. The van der Waals surface area contributed by atoms with Crippen LogP contribution in [0.2, 0.25) is 0 Å². The van der Waals surface area contributed by atoms with Gasteiger partial charge in [-0.15, -0.1) is 0 Å². The molecule has 1 aliphatic carbocycles. The zero-order valence-electron chi connectivity index (χ0n) is 13.4. The first-order chi connectivity index (χ1) is 9.68. The largest absolute Gasteiger partial charge is 0.371 e. The van der Waals surface area contributed by atoms with E-state index < -0.39 is 0 Å². The number of rotatable bonds is 5. The maximum atomic E-state index is 3.55. The maximum Gasteiger partial charge on any atom is 0.0411 e. The predicted molar refractivity (Wildman–Crippen MR) is 88.3 cm³/mol. The monoisotopic (exact) mass is 274 g/mol. The van der Waals surface area contributed by atoms with Crippen LogP contribution >= 0.6 is 0 Å². The van der Waals surface area contributed by atoms with Crippen molar-refractivity contribution in [1.82, 2.24) is 5.32 Å². The molecule has 0 amide bonds. The maximum absolute atomic E-state index is 3.55. The lowest BCUT2D eigenvalue weighted by molar-refractivity contribution is 0.547. The molecule has 0 aliphatic heterocycles. The van der Waals surface area contributed by atoms with Crippen molar-refractivity contribution in [2.24, 2.45) is 0 Å². The van der Waals surface area contributed by atoms with Gasteiger partial charge in [0.15, 0.2) is 0 Å². The van der Waals surface area contributed by atoms with Crippen LogP contribution in [0.4, 0.5) is 5.69 Å². The Morgan fingerprint density at radius 3 is 2.40 bits per heavy atom. The molecule has 2 rings (SSSR count). The van der Waals surface area contributed by atoms with Crippen LogP contribution in [0, 0.1) is 0 Å². The van der Waals surface area contributed by atoms with Crippen molar-refractivity contribution in [3.63, 3.8) is 0 Å². The van der Waals surface area contributed by atoms with Crippen molar-refractivity contribution < 1.29 is 0 Å². The van der Waals surface area contributed by atoms with Crippen LogP contribution in [0.15, 0.2) is 24.3 Å². The highest BCUT2D eigenvalue weighted by molar-refractivity contribution is 5.53. The van der Waals surface area contributed by atoms with Crippen LogP contribution < -0.4 is 10.2 Å². The zero-order valence-corrected chi connectivity index (χ0v) is 13.4. The Hall–Kier alpha value is -1.02. The number of para-hydroxylation sites is 1. The summed E-state index contributed by atoms with van der Waals surface area (Å²) in [4.78, 5) is 2.53. The van der Waals surface area contributed by atoms with Crippen molar-refractivity contribution in [3.8, 4) is 0 Å². The number of nitrogens with zero attached hydrogens (tertiary/aromatic N) is 1. The lowest BCUT2D eigenvalue weighted by Gasteiger charge is -2.31. The van der Waals surface area contributed by atoms with Gasteiger partial charge in [-0.25, -0.2) is 0 Å². The number of nitrogens with one attached hydrogen (secondary N) is 1. The van der Waals surface area contributed by atoms with E-state index in [2.05, 4.69) is 55.4 Å². The summed E-state index contributed by atoms with van der Waals surface area (Å²) in [5.74, 6) is 0. The molecule has 1 aromatic rings. The van der Waals surface area contributed by atoms with E-state index in [9.17, 15) is 0 Å². The van der Waals surface area contributed by atoms with Crippen molar-refractivity contribution in [1.29, 1.82) is 0 Å². The van der Waals surface area contributed by atoms with Gasteiger partial charge in [-0.1, -0.05) is 57.7 Å². The van der Waals surface area contributed by atoms with Gasteiger partial charge < -0.3 is 10.2 Å². The number of benzene rings is 1. The molecule has 20 heavy (non-hydrogen) atoms. The highest BCUT2D eigenvalue weighted by Gasteiger charge is 2.18. The van der Waals surface area contributed by atoms with Crippen molar-refractivity contribution >= 4 is 5.69 Å². The summed E-state index contributed by atoms with van der Waals surface area (Å²) in [6.45, 7) is 5.38. The molecule has 1 N–H and O–H groups in total. The molecule has 0 heterocycles. The number of hydrogen-bond acceptors (Lipinski definition) is 2. The van der Waals surface area contributed by atoms with Crippen molar-refractivity contribution in [2.45, 2.75) is 71.0 Å². The zero-order chi connectivity index (χ0) is 14.4. The van der Waals surface area contributed by atoms with Crippen molar-refractivity contribution in [3.05, 3.63) is 29.8 Å². The first-order valence-corrected chi connectivity index (χ1v) is 8.22. The van der Waals surface area contributed by atoms with Gasteiger partial charge in [0, 0.05) is 31.4 Å². The molecule has 2 nitrogen and oxygen atoms in total. The van der Waals surface area contributed by atoms with E-state index in [1.807, 2.05) is 0 Å². The van der Waals surface area contributed by atoms with Gasteiger partial charge in [0.25, 0.3) is 0 Å². The average molecular weight is 274 g/mol. The van der Waals surface area contributed by atoms with Gasteiger partial charge in [-0.2, -0.15) is 0 Å². The molecule has 0 radical (unpaired) electrons. The molecule has 0 bridgehead atoms. The molecule has 0 atom stereocenters. The Labute approximate surface area is 124 Å². The van der Waals surface area contributed by atoms with Crippen LogP contribution in [0.1, 0.15) is 57.9 Å². The smallest absolute Gasteiger partial charge is 0.0411 e. The lowest BCUT2D eigenvalue weighted by Crippen LogP contribution is -2.32. The van der Waals surface area contributed by atoms with Crippen LogP contribution in [0.5, 0.6) is 0 Å². The number of hydrogen-bond donors (Lipinski definition) is 1.